The smallest absolute Gasteiger partial charge is 0.254 e. The van der Waals surface area contributed by atoms with E-state index in [1.807, 2.05) is 20.8 Å². The number of carbonyl (C=O) groups excluding carboxylic acids is 1. The molecule has 0 unspecified atom stereocenters. The minimum absolute atomic E-state index is 0.0881. The fourth-order valence-corrected chi connectivity index (χ4v) is 1.59. The molecule has 4 heteroatoms. The Kier molecular flexibility index (Phi) is 2.90. The van der Waals surface area contributed by atoms with Crippen molar-refractivity contribution in [3.8, 4) is 0 Å². The maximum absolute atomic E-state index is 11.8. The first kappa shape index (κ1) is 11.0. The molecule has 1 heterocycles. The van der Waals surface area contributed by atoms with E-state index in [1.54, 1.807) is 6.20 Å². The van der Waals surface area contributed by atoms with Crippen LogP contribution in [0, 0.1) is 6.92 Å². The van der Waals surface area contributed by atoms with Gasteiger partial charge in [-0.25, -0.2) is 9.97 Å². The minimum Gasteiger partial charge on any atom is -0.350 e. The molecule has 0 radical (unpaired) electrons. The number of amides is 1. The number of carbonyl (C=O) groups is 1. The summed E-state index contributed by atoms with van der Waals surface area (Å²) in [6.07, 6.45) is 4.00. The van der Waals surface area contributed by atoms with E-state index in [9.17, 15) is 4.79 Å². The van der Waals surface area contributed by atoms with Crippen molar-refractivity contribution < 1.29 is 4.79 Å². The Bertz CT molecular complexity index is 411. The SMILES string of the molecule is Cc1nc(C2CC2)ncc1C(=O)NC(C)C. The van der Waals surface area contributed by atoms with Crippen LogP contribution in [0.25, 0.3) is 0 Å². The topological polar surface area (TPSA) is 54.9 Å². The Hall–Kier alpha value is -1.45. The molecule has 4 nitrogen and oxygen atoms in total. The van der Waals surface area contributed by atoms with Crippen LogP contribution in [-0.4, -0.2) is 21.9 Å². The highest BCUT2D eigenvalue weighted by Crippen LogP contribution is 2.37. The average Bonchev–Trinajstić information content (AvgIpc) is 2.99. The molecule has 1 aliphatic carbocycles. The summed E-state index contributed by atoms with van der Waals surface area (Å²) in [6, 6.07) is 0.134. The summed E-state index contributed by atoms with van der Waals surface area (Å²) in [4.78, 5) is 20.4. The van der Waals surface area contributed by atoms with E-state index in [4.69, 9.17) is 0 Å². The normalized spacial score (nSPS) is 15.2. The summed E-state index contributed by atoms with van der Waals surface area (Å²) >= 11 is 0. The van der Waals surface area contributed by atoms with Gasteiger partial charge in [0.05, 0.1) is 11.3 Å². The second-order valence-corrected chi connectivity index (χ2v) is 4.63. The summed E-state index contributed by atoms with van der Waals surface area (Å²) in [6.45, 7) is 5.74. The molecule has 1 aliphatic rings. The number of hydrogen-bond acceptors (Lipinski definition) is 3. The van der Waals surface area contributed by atoms with Gasteiger partial charge in [0.1, 0.15) is 5.82 Å². The molecule has 0 saturated heterocycles. The van der Waals surface area contributed by atoms with Gasteiger partial charge in [0, 0.05) is 18.2 Å². The zero-order valence-electron chi connectivity index (χ0n) is 9.95. The first-order chi connectivity index (χ1) is 7.58. The number of nitrogens with zero attached hydrogens (tertiary/aromatic N) is 2. The quantitative estimate of drug-likeness (QED) is 0.843. The van der Waals surface area contributed by atoms with Crippen molar-refractivity contribution in [3.05, 3.63) is 23.3 Å². The largest absolute Gasteiger partial charge is 0.350 e. The summed E-state index contributed by atoms with van der Waals surface area (Å²) in [7, 11) is 0. The monoisotopic (exact) mass is 219 g/mol. The third kappa shape index (κ3) is 2.38. The zero-order valence-corrected chi connectivity index (χ0v) is 9.95. The predicted octanol–water partition coefficient (Wildman–Crippen LogP) is 1.80. The van der Waals surface area contributed by atoms with Gasteiger partial charge in [-0.2, -0.15) is 0 Å². The van der Waals surface area contributed by atoms with Crippen molar-refractivity contribution in [2.75, 3.05) is 0 Å². The lowest BCUT2D eigenvalue weighted by molar-refractivity contribution is 0.0941. The van der Waals surface area contributed by atoms with Crippen molar-refractivity contribution >= 4 is 5.91 Å². The first-order valence-corrected chi connectivity index (χ1v) is 5.72. The highest BCUT2D eigenvalue weighted by atomic mass is 16.1. The van der Waals surface area contributed by atoms with E-state index in [-0.39, 0.29) is 11.9 Å². The number of rotatable bonds is 3. The first-order valence-electron chi connectivity index (χ1n) is 5.72. The van der Waals surface area contributed by atoms with Crippen molar-refractivity contribution in [1.82, 2.24) is 15.3 Å². The van der Waals surface area contributed by atoms with E-state index >= 15 is 0 Å². The molecule has 0 bridgehead atoms. The molecular weight excluding hydrogens is 202 g/mol. The van der Waals surface area contributed by atoms with Gasteiger partial charge in [-0.1, -0.05) is 0 Å². The van der Waals surface area contributed by atoms with Crippen LogP contribution in [0.15, 0.2) is 6.20 Å². The van der Waals surface area contributed by atoms with E-state index in [0.717, 1.165) is 11.5 Å². The van der Waals surface area contributed by atoms with Gasteiger partial charge in [-0.05, 0) is 33.6 Å². The molecule has 16 heavy (non-hydrogen) atoms. The zero-order chi connectivity index (χ0) is 11.7. The van der Waals surface area contributed by atoms with Crippen LogP contribution < -0.4 is 5.32 Å². The highest BCUT2D eigenvalue weighted by molar-refractivity contribution is 5.95. The lowest BCUT2D eigenvalue weighted by Gasteiger charge is -2.10. The van der Waals surface area contributed by atoms with Gasteiger partial charge in [0.15, 0.2) is 0 Å². The second-order valence-electron chi connectivity index (χ2n) is 4.63. The van der Waals surface area contributed by atoms with Crippen LogP contribution in [0.4, 0.5) is 0 Å². The molecule has 1 saturated carbocycles. The Morgan fingerprint density at radius 2 is 2.19 bits per heavy atom. The molecule has 1 fully saturated rings. The molecule has 86 valence electrons. The van der Waals surface area contributed by atoms with Crippen molar-refractivity contribution in [3.63, 3.8) is 0 Å². The molecule has 0 atom stereocenters. The molecule has 0 aliphatic heterocycles. The van der Waals surface area contributed by atoms with Crippen molar-refractivity contribution in [2.24, 2.45) is 0 Å². The number of nitrogens with one attached hydrogen (secondary N) is 1. The Balaban J connectivity index is 2.18. The molecule has 2 rings (SSSR count). The Morgan fingerprint density at radius 1 is 1.50 bits per heavy atom. The van der Waals surface area contributed by atoms with Crippen molar-refractivity contribution in [2.45, 2.75) is 45.6 Å². The molecule has 0 spiro atoms. The predicted molar refractivity (Wildman–Crippen MR) is 61.3 cm³/mol. The maximum atomic E-state index is 11.8. The minimum atomic E-state index is -0.0881. The highest BCUT2D eigenvalue weighted by Gasteiger charge is 2.27. The standard InChI is InChI=1S/C12H17N3O/c1-7(2)14-12(16)10-6-13-11(9-4-5-9)15-8(10)3/h6-7,9H,4-5H2,1-3H3,(H,14,16). The lowest BCUT2D eigenvalue weighted by Crippen LogP contribution is -2.31. The summed E-state index contributed by atoms with van der Waals surface area (Å²) in [5.41, 5.74) is 1.35. The van der Waals surface area contributed by atoms with Crippen molar-refractivity contribution in [1.29, 1.82) is 0 Å². The van der Waals surface area contributed by atoms with E-state index in [1.165, 1.54) is 12.8 Å². The molecule has 1 N–H and O–H groups in total. The average molecular weight is 219 g/mol. The third-order valence-electron chi connectivity index (χ3n) is 2.60. The van der Waals surface area contributed by atoms with E-state index in [2.05, 4.69) is 15.3 Å². The van der Waals surface area contributed by atoms with Gasteiger partial charge < -0.3 is 5.32 Å². The van der Waals surface area contributed by atoms with Gasteiger partial charge in [-0.15, -0.1) is 0 Å². The molecule has 1 amide bonds. The third-order valence-corrected chi connectivity index (χ3v) is 2.60. The molecule has 1 aromatic rings. The van der Waals surface area contributed by atoms with Gasteiger partial charge in [0.25, 0.3) is 5.91 Å². The summed E-state index contributed by atoms with van der Waals surface area (Å²) in [5.74, 6) is 1.33. The van der Waals surface area contributed by atoms with Crippen LogP contribution in [0.5, 0.6) is 0 Å². The van der Waals surface area contributed by atoms with E-state index < -0.39 is 0 Å². The van der Waals surface area contributed by atoms with Crippen LogP contribution in [0.3, 0.4) is 0 Å². The van der Waals surface area contributed by atoms with Crippen LogP contribution in [-0.2, 0) is 0 Å². The van der Waals surface area contributed by atoms with Crippen LogP contribution >= 0.6 is 0 Å². The fourth-order valence-electron chi connectivity index (χ4n) is 1.59. The van der Waals surface area contributed by atoms with Gasteiger partial charge in [0.2, 0.25) is 0 Å². The van der Waals surface area contributed by atoms with Crippen LogP contribution in [0.1, 0.15) is 54.5 Å². The fraction of sp³-hybridized carbons (Fsp3) is 0.583. The molecule has 1 aromatic heterocycles. The van der Waals surface area contributed by atoms with Crippen LogP contribution in [0.2, 0.25) is 0 Å². The number of aryl methyl sites for hydroxylation is 1. The van der Waals surface area contributed by atoms with E-state index in [0.29, 0.717) is 11.5 Å². The Labute approximate surface area is 95.5 Å². The maximum Gasteiger partial charge on any atom is 0.254 e. The lowest BCUT2D eigenvalue weighted by atomic mass is 10.2. The van der Waals surface area contributed by atoms with Gasteiger partial charge >= 0.3 is 0 Å². The molecular formula is C12H17N3O. The summed E-state index contributed by atoms with van der Waals surface area (Å²) in [5, 5.41) is 2.85. The Morgan fingerprint density at radius 3 is 2.69 bits per heavy atom. The molecule has 0 aromatic carbocycles. The second kappa shape index (κ2) is 4.20. The number of hydrogen-bond donors (Lipinski definition) is 1. The number of aromatic nitrogens is 2. The van der Waals surface area contributed by atoms with Gasteiger partial charge in [-0.3, -0.25) is 4.79 Å². The summed E-state index contributed by atoms with van der Waals surface area (Å²) < 4.78 is 0.